The zero-order valence-electron chi connectivity index (χ0n) is 7.73. The van der Waals surface area contributed by atoms with E-state index in [2.05, 4.69) is 0 Å². The van der Waals surface area contributed by atoms with Gasteiger partial charge in [-0.25, -0.2) is 0 Å². The van der Waals surface area contributed by atoms with E-state index in [0.29, 0.717) is 19.8 Å². The molecule has 0 radical (unpaired) electrons. The summed E-state index contributed by atoms with van der Waals surface area (Å²) in [5.41, 5.74) is 5.59. The molecule has 3 nitrogen and oxygen atoms in total. The van der Waals surface area contributed by atoms with Crippen LogP contribution in [0.15, 0.2) is 17.5 Å². The molecule has 0 amide bonds. The molecule has 74 valence electrons. The standard InChI is InChI=1S/C9H15NO2S/c1-11-4-5-12-8(7-10)9-3-2-6-13-9/h2-3,6,8H,4-5,7,10H2,1H3. The van der Waals surface area contributed by atoms with Crippen molar-refractivity contribution in [1.29, 1.82) is 0 Å². The Kier molecular flexibility index (Phi) is 5.00. The fraction of sp³-hybridized carbons (Fsp3) is 0.556. The van der Waals surface area contributed by atoms with Gasteiger partial charge in [0.25, 0.3) is 0 Å². The van der Waals surface area contributed by atoms with Crippen LogP contribution in [0.25, 0.3) is 0 Å². The van der Waals surface area contributed by atoms with Gasteiger partial charge in [0, 0.05) is 18.5 Å². The molecule has 4 heteroatoms. The van der Waals surface area contributed by atoms with Crippen LogP contribution >= 0.6 is 11.3 Å². The molecule has 0 aromatic carbocycles. The maximum atomic E-state index is 5.59. The minimum absolute atomic E-state index is 0.0233. The first-order valence-electron chi connectivity index (χ1n) is 4.22. The first-order valence-corrected chi connectivity index (χ1v) is 5.10. The quantitative estimate of drug-likeness (QED) is 0.708. The van der Waals surface area contributed by atoms with Gasteiger partial charge < -0.3 is 15.2 Å². The highest BCUT2D eigenvalue weighted by Crippen LogP contribution is 2.20. The minimum Gasteiger partial charge on any atom is -0.382 e. The highest BCUT2D eigenvalue weighted by Gasteiger charge is 2.09. The fourth-order valence-electron chi connectivity index (χ4n) is 1.01. The average molecular weight is 201 g/mol. The number of thiophene rings is 1. The monoisotopic (exact) mass is 201 g/mol. The Morgan fingerprint density at radius 2 is 2.38 bits per heavy atom. The molecule has 1 aromatic heterocycles. The van der Waals surface area contributed by atoms with Crippen LogP contribution < -0.4 is 5.73 Å². The van der Waals surface area contributed by atoms with Gasteiger partial charge in [-0.1, -0.05) is 6.07 Å². The lowest BCUT2D eigenvalue weighted by atomic mass is 10.3. The third-order valence-corrected chi connectivity index (χ3v) is 2.65. The van der Waals surface area contributed by atoms with E-state index < -0.39 is 0 Å². The van der Waals surface area contributed by atoms with Crippen molar-refractivity contribution in [3.8, 4) is 0 Å². The lowest BCUT2D eigenvalue weighted by Crippen LogP contribution is -2.16. The molecule has 2 N–H and O–H groups in total. The van der Waals surface area contributed by atoms with Gasteiger partial charge in [0.2, 0.25) is 0 Å². The molecule has 0 spiro atoms. The summed E-state index contributed by atoms with van der Waals surface area (Å²) in [6, 6.07) is 4.04. The van der Waals surface area contributed by atoms with E-state index in [4.69, 9.17) is 15.2 Å². The van der Waals surface area contributed by atoms with Crippen LogP contribution in [0.1, 0.15) is 11.0 Å². The second-order valence-electron chi connectivity index (χ2n) is 2.60. The molecule has 1 aromatic rings. The summed E-state index contributed by atoms with van der Waals surface area (Å²) in [5, 5.41) is 2.03. The highest BCUT2D eigenvalue weighted by molar-refractivity contribution is 7.10. The van der Waals surface area contributed by atoms with Gasteiger partial charge in [-0.2, -0.15) is 0 Å². The third-order valence-electron chi connectivity index (χ3n) is 1.68. The normalized spacial score (nSPS) is 13.1. The van der Waals surface area contributed by atoms with Crippen molar-refractivity contribution in [3.63, 3.8) is 0 Å². The molecule has 0 saturated heterocycles. The Hall–Kier alpha value is -0.420. The maximum Gasteiger partial charge on any atom is 0.104 e. The molecule has 1 unspecified atom stereocenters. The highest BCUT2D eigenvalue weighted by atomic mass is 32.1. The topological polar surface area (TPSA) is 44.5 Å². The first kappa shape index (κ1) is 10.7. The van der Waals surface area contributed by atoms with E-state index in [-0.39, 0.29) is 6.10 Å². The lowest BCUT2D eigenvalue weighted by molar-refractivity contribution is 0.0224. The molecular formula is C9H15NO2S. The van der Waals surface area contributed by atoms with Crippen LogP contribution in [-0.2, 0) is 9.47 Å². The number of nitrogens with two attached hydrogens (primary N) is 1. The van der Waals surface area contributed by atoms with E-state index in [1.807, 2.05) is 17.5 Å². The predicted molar refractivity (Wildman–Crippen MR) is 53.9 cm³/mol. The van der Waals surface area contributed by atoms with Crippen molar-refractivity contribution >= 4 is 11.3 Å². The lowest BCUT2D eigenvalue weighted by Gasteiger charge is -2.13. The minimum atomic E-state index is 0.0233. The Bertz CT molecular complexity index is 213. The molecule has 13 heavy (non-hydrogen) atoms. The molecular weight excluding hydrogens is 186 g/mol. The van der Waals surface area contributed by atoms with E-state index in [1.165, 1.54) is 4.88 Å². The number of hydrogen-bond acceptors (Lipinski definition) is 4. The van der Waals surface area contributed by atoms with Crippen LogP contribution in [-0.4, -0.2) is 26.9 Å². The van der Waals surface area contributed by atoms with Crippen LogP contribution in [0, 0.1) is 0 Å². The Labute approximate surface area is 82.5 Å². The van der Waals surface area contributed by atoms with Crippen molar-refractivity contribution in [1.82, 2.24) is 0 Å². The van der Waals surface area contributed by atoms with Crippen LogP contribution in [0.3, 0.4) is 0 Å². The molecule has 0 aliphatic carbocycles. The van der Waals surface area contributed by atoms with Crippen LogP contribution in [0.4, 0.5) is 0 Å². The van der Waals surface area contributed by atoms with Crippen LogP contribution in [0.5, 0.6) is 0 Å². The third kappa shape index (κ3) is 3.44. The van der Waals surface area contributed by atoms with Gasteiger partial charge in [-0.15, -0.1) is 11.3 Å². The van der Waals surface area contributed by atoms with E-state index in [1.54, 1.807) is 18.4 Å². The summed E-state index contributed by atoms with van der Waals surface area (Å²) in [7, 11) is 1.66. The summed E-state index contributed by atoms with van der Waals surface area (Å²) in [6.07, 6.45) is 0.0233. The smallest absolute Gasteiger partial charge is 0.104 e. The first-order chi connectivity index (χ1) is 6.38. The van der Waals surface area contributed by atoms with Gasteiger partial charge in [0.05, 0.1) is 13.2 Å². The van der Waals surface area contributed by atoms with Crippen molar-refractivity contribution in [3.05, 3.63) is 22.4 Å². The Balaban J connectivity index is 2.35. The van der Waals surface area contributed by atoms with Crippen LogP contribution in [0.2, 0.25) is 0 Å². The second kappa shape index (κ2) is 6.10. The number of rotatable bonds is 6. The second-order valence-corrected chi connectivity index (χ2v) is 3.58. The maximum absolute atomic E-state index is 5.59. The van der Waals surface area contributed by atoms with Crippen molar-refractivity contribution in [2.75, 3.05) is 26.9 Å². The Morgan fingerprint density at radius 1 is 1.54 bits per heavy atom. The largest absolute Gasteiger partial charge is 0.382 e. The van der Waals surface area contributed by atoms with Gasteiger partial charge in [0.15, 0.2) is 0 Å². The molecule has 1 heterocycles. The van der Waals surface area contributed by atoms with Crippen molar-refractivity contribution in [2.45, 2.75) is 6.10 Å². The number of hydrogen-bond donors (Lipinski definition) is 1. The summed E-state index contributed by atoms with van der Waals surface area (Å²) < 4.78 is 10.4. The number of ether oxygens (including phenoxy) is 2. The van der Waals surface area contributed by atoms with Gasteiger partial charge in [-0.3, -0.25) is 0 Å². The molecule has 0 saturated carbocycles. The van der Waals surface area contributed by atoms with Gasteiger partial charge >= 0.3 is 0 Å². The average Bonchev–Trinajstić information content (AvgIpc) is 2.65. The fourth-order valence-corrected chi connectivity index (χ4v) is 1.80. The van der Waals surface area contributed by atoms with E-state index in [9.17, 15) is 0 Å². The SMILES string of the molecule is COCCOC(CN)c1cccs1. The summed E-state index contributed by atoms with van der Waals surface area (Å²) in [4.78, 5) is 1.18. The molecule has 0 aliphatic heterocycles. The van der Waals surface area contributed by atoms with Crippen molar-refractivity contribution < 1.29 is 9.47 Å². The van der Waals surface area contributed by atoms with Gasteiger partial charge in [0.1, 0.15) is 6.10 Å². The predicted octanol–water partition coefficient (Wildman–Crippen LogP) is 1.41. The number of methoxy groups -OCH3 is 1. The molecule has 1 rings (SSSR count). The zero-order valence-corrected chi connectivity index (χ0v) is 8.55. The van der Waals surface area contributed by atoms with E-state index >= 15 is 0 Å². The van der Waals surface area contributed by atoms with Crippen molar-refractivity contribution in [2.24, 2.45) is 5.73 Å². The summed E-state index contributed by atoms with van der Waals surface area (Å²) in [5.74, 6) is 0. The Morgan fingerprint density at radius 3 is 2.92 bits per heavy atom. The molecule has 0 aliphatic rings. The van der Waals surface area contributed by atoms with Gasteiger partial charge in [-0.05, 0) is 11.4 Å². The zero-order chi connectivity index (χ0) is 9.52. The molecule has 0 bridgehead atoms. The summed E-state index contributed by atoms with van der Waals surface area (Å²) in [6.45, 7) is 1.72. The summed E-state index contributed by atoms with van der Waals surface area (Å²) >= 11 is 1.67. The molecule has 0 fully saturated rings. The molecule has 1 atom stereocenters. The van der Waals surface area contributed by atoms with E-state index in [0.717, 1.165) is 0 Å².